The van der Waals surface area contributed by atoms with Crippen molar-refractivity contribution in [1.29, 1.82) is 0 Å². The molecular weight excluding hydrogens is 298 g/mol. The first-order chi connectivity index (χ1) is 10.6. The van der Waals surface area contributed by atoms with Crippen LogP contribution in [0, 0.1) is 11.8 Å². The second-order valence-corrected chi connectivity index (χ2v) is 7.14. The molecule has 6 heteroatoms. The summed E-state index contributed by atoms with van der Waals surface area (Å²) < 4.78 is 0. The Morgan fingerprint density at radius 2 is 2.00 bits per heavy atom. The number of carbonyl (C=O) groups excluding carboxylic acids is 2. The molecular formula is C16H21N3O2S. The fourth-order valence-electron chi connectivity index (χ4n) is 3.56. The maximum Gasteiger partial charge on any atom is 0.255 e. The molecule has 1 saturated carbocycles. The fourth-order valence-corrected chi connectivity index (χ4v) is 4.35. The van der Waals surface area contributed by atoms with E-state index < -0.39 is 0 Å². The van der Waals surface area contributed by atoms with E-state index in [-0.39, 0.29) is 23.6 Å². The van der Waals surface area contributed by atoms with Crippen LogP contribution in [0.2, 0.25) is 0 Å². The normalized spacial score (nSPS) is 27.0. The van der Waals surface area contributed by atoms with Crippen molar-refractivity contribution in [3.8, 4) is 0 Å². The van der Waals surface area contributed by atoms with Crippen molar-refractivity contribution in [2.24, 2.45) is 23.3 Å². The molecule has 0 radical (unpaired) electrons. The molecule has 2 aliphatic rings. The fraction of sp³-hybridized carbons (Fsp3) is 0.500. The second-order valence-electron chi connectivity index (χ2n) is 6.13. The SMILES string of the molecule is NC(=O)CSc1ccccc1C(=O)N1CC2CCC(N)C2C1. The van der Waals surface area contributed by atoms with Crippen LogP contribution in [0.1, 0.15) is 23.2 Å². The summed E-state index contributed by atoms with van der Waals surface area (Å²) in [5, 5.41) is 0. The number of nitrogens with two attached hydrogens (primary N) is 2. The van der Waals surface area contributed by atoms with Crippen molar-refractivity contribution in [2.75, 3.05) is 18.8 Å². The van der Waals surface area contributed by atoms with Crippen LogP contribution in [0.5, 0.6) is 0 Å². The van der Waals surface area contributed by atoms with Gasteiger partial charge in [-0.05, 0) is 36.8 Å². The van der Waals surface area contributed by atoms with Crippen molar-refractivity contribution < 1.29 is 9.59 Å². The molecule has 1 saturated heterocycles. The number of hydrogen-bond donors (Lipinski definition) is 2. The number of nitrogens with zero attached hydrogens (tertiary/aromatic N) is 1. The lowest BCUT2D eigenvalue weighted by Gasteiger charge is -2.20. The Labute approximate surface area is 134 Å². The molecule has 5 nitrogen and oxygen atoms in total. The van der Waals surface area contributed by atoms with Gasteiger partial charge in [-0.1, -0.05) is 12.1 Å². The van der Waals surface area contributed by atoms with Crippen molar-refractivity contribution in [3.63, 3.8) is 0 Å². The zero-order chi connectivity index (χ0) is 15.7. The third-order valence-corrected chi connectivity index (χ3v) is 5.78. The number of primary amides is 1. The first kappa shape index (κ1) is 15.4. The maximum absolute atomic E-state index is 12.8. The van der Waals surface area contributed by atoms with E-state index in [2.05, 4.69) is 0 Å². The highest BCUT2D eigenvalue weighted by atomic mass is 32.2. The number of amides is 2. The van der Waals surface area contributed by atoms with Crippen LogP contribution in [0.4, 0.5) is 0 Å². The monoisotopic (exact) mass is 319 g/mol. The molecule has 2 fully saturated rings. The molecule has 118 valence electrons. The van der Waals surface area contributed by atoms with Crippen LogP contribution < -0.4 is 11.5 Å². The lowest BCUT2D eigenvalue weighted by molar-refractivity contribution is -0.115. The van der Waals surface area contributed by atoms with E-state index in [4.69, 9.17) is 11.5 Å². The average Bonchev–Trinajstić information content (AvgIpc) is 3.07. The van der Waals surface area contributed by atoms with Gasteiger partial charge in [-0.25, -0.2) is 0 Å². The molecule has 1 aliphatic carbocycles. The first-order valence-corrected chi connectivity index (χ1v) is 8.60. The van der Waals surface area contributed by atoms with Gasteiger partial charge in [0.05, 0.1) is 11.3 Å². The highest BCUT2D eigenvalue weighted by Gasteiger charge is 2.42. The number of rotatable bonds is 4. The van der Waals surface area contributed by atoms with Crippen LogP contribution in [0.15, 0.2) is 29.2 Å². The van der Waals surface area contributed by atoms with E-state index in [1.807, 2.05) is 29.2 Å². The van der Waals surface area contributed by atoms with Crippen LogP contribution in [-0.2, 0) is 4.79 Å². The Morgan fingerprint density at radius 3 is 2.73 bits per heavy atom. The summed E-state index contributed by atoms with van der Waals surface area (Å²) in [6, 6.07) is 7.63. The molecule has 4 N–H and O–H groups in total. The molecule has 2 amide bonds. The Morgan fingerprint density at radius 1 is 1.23 bits per heavy atom. The van der Waals surface area contributed by atoms with E-state index in [1.54, 1.807) is 0 Å². The lowest BCUT2D eigenvalue weighted by atomic mass is 9.98. The lowest BCUT2D eigenvalue weighted by Crippen LogP contribution is -2.33. The molecule has 3 atom stereocenters. The van der Waals surface area contributed by atoms with Crippen LogP contribution in [0.25, 0.3) is 0 Å². The summed E-state index contributed by atoms with van der Waals surface area (Å²) in [7, 11) is 0. The second kappa shape index (κ2) is 6.30. The highest BCUT2D eigenvalue weighted by Crippen LogP contribution is 2.38. The largest absolute Gasteiger partial charge is 0.369 e. The van der Waals surface area contributed by atoms with E-state index in [0.717, 1.165) is 30.8 Å². The van der Waals surface area contributed by atoms with E-state index in [0.29, 0.717) is 17.4 Å². The molecule has 0 aromatic heterocycles. The summed E-state index contributed by atoms with van der Waals surface area (Å²) in [5.74, 6) is 0.822. The molecule has 0 spiro atoms. The van der Waals surface area contributed by atoms with Gasteiger partial charge < -0.3 is 16.4 Å². The minimum absolute atomic E-state index is 0.0363. The average molecular weight is 319 g/mol. The third kappa shape index (κ3) is 2.98. The number of fused-ring (bicyclic) bond motifs is 1. The topological polar surface area (TPSA) is 89.4 Å². The number of hydrogen-bond acceptors (Lipinski definition) is 4. The highest BCUT2D eigenvalue weighted by molar-refractivity contribution is 8.00. The predicted octanol–water partition coefficient (Wildman–Crippen LogP) is 1.07. The Bertz CT molecular complexity index is 593. The van der Waals surface area contributed by atoms with E-state index in [9.17, 15) is 9.59 Å². The van der Waals surface area contributed by atoms with Gasteiger partial charge in [0.1, 0.15) is 0 Å². The van der Waals surface area contributed by atoms with Gasteiger partial charge >= 0.3 is 0 Å². The molecule has 3 unspecified atom stereocenters. The van der Waals surface area contributed by atoms with Gasteiger partial charge in [0, 0.05) is 24.0 Å². The quantitative estimate of drug-likeness (QED) is 0.813. The van der Waals surface area contributed by atoms with Crippen LogP contribution in [0.3, 0.4) is 0 Å². The van der Waals surface area contributed by atoms with Gasteiger partial charge in [-0.3, -0.25) is 9.59 Å². The van der Waals surface area contributed by atoms with Gasteiger partial charge in [0.25, 0.3) is 5.91 Å². The summed E-state index contributed by atoms with van der Waals surface area (Å²) in [6.07, 6.45) is 2.19. The number of carbonyl (C=O) groups is 2. The van der Waals surface area contributed by atoms with Crippen molar-refractivity contribution >= 4 is 23.6 Å². The molecule has 1 aromatic rings. The number of likely N-dealkylation sites (tertiary alicyclic amines) is 1. The Hall–Kier alpha value is -1.53. The van der Waals surface area contributed by atoms with E-state index >= 15 is 0 Å². The van der Waals surface area contributed by atoms with Gasteiger partial charge in [-0.2, -0.15) is 0 Å². The molecule has 1 aromatic carbocycles. The van der Waals surface area contributed by atoms with Crippen LogP contribution in [-0.4, -0.2) is 41.6 Å². The zero-order valence-electron chi connectivity index (χ0n) is 12.4. The molecule has 1 heterocycles. The summed E-state index contributed by atoms with van der Waals surface area (Å²) in [4.78, 5) is 26.5. The third-order valence-electron chi connectivity index (χ3n) is 4.69. The van der Waals surface area contributed by atoms with Gasteiger partial charge in [0.2, 0.25) is 5.91 Å². The van der Waals surface area contributed by atoms with Gasteiger partial charge in [-0.15, -0.1) is 11.8 Å². The number of thioether (sulfide) groups is 1. The zero-order valence-corrected chi connectivity index (χ0v) is 13.2. The standard InChI is InChI=1S/C16H21N3O2S/c17-13-6-5-10-7-19(8-12(10)13)16(21)11-3-1-2-4-14(11)22-9-15(18)20/h1-4,10,12-13H,5-9,17H2,(H2,18,20). The van der Waals surface area contributed by atoms with Crippen LogP contribution >= 0.6 is 11.8 Å². The molecule has 22 heavy (non-hydrogen) atoms. The molecule has 1 aliphatic heterocycles. The molecule has 3 rings (SSSR count). The number of benzene rings is 1. The maximum atomic E-state index is 12.8. The summed E-state index contributed by atoms with van der Waals surface area (Å²) >= 11 is 1.32. The summed E-state index contributed by atoms with van der Waals surface area (Å²) in [5.41, 5.74) is 12.0. The van der Waals surface area contributed by atoms with E-state index in [1.165, 1.54) is 11.8 Å². The van der Waals surface area contributed by atoms with Gasteiger partial charge in [0.15, 0.2) is 0 Å². The predicted molar refractivity (Wildman–Crippen MR) is 86.5 cm³/mol. The first-order valence-electron chi connectivity index (χ1n) is 7.61. The minimum atomic E-state index is -0.381. The van der Waals surface area contributed by atoms with Crippen molar-refractivity contribution in [1.82, 2.24) is 4.90 Å². The molecule has 0 bridgehead atoms. The minimum Gasteiger partial charge on any atom is -0.369 e. The van der Waals surface area contributed by atoms with Crippen molar-refractivity contribution in [3.05, 3.63) is 29.8 Å². The Balaban J connectivity index is 1.74. The van der Waals surface area contributed by atoms with Crippen molar-refractivity contribution in [2.45, 2.75) is 23.8 Å². The Kier molecular flexibility index (Phi) is 4.40. The smallest absolute Gasteiger partial charge is 0.255 e. The summed E-state index contributed by atoms with van der Waals surface area (Å²) in [6.45, 7) is 1.55.